The molecule has 0 radical (unpaired) electrons. The van der Waals surface area contributed by atoms with Crippen molar-refractivity contribution >= 4 is 40.7 Å². The van der Waals surface area contributed by atoms with E-state index in [4.69, 9.17) is 0 Å². The fourth-order valence-electron chi connectivity index (χ4n) is 1.93. The maximum Gasteiger partial charge on any atom is 3.00 e. The maximum absolute atomic E-state index is 10.1. The Kier molecular flexibility index (Phi) is 93.8. The van der Waals surface area contributed by atoms with Crippen molar-refractivity contribution in [3.05, 3.63) is 0 Å². The molecule has 0 fully saturated rings. The zero-order valence-electron chi connectivity index (χ0n) is 14.2. The molecule has 0 unspecified atom stereocenters. The van der Waals surface area contributed by atoms with E-state index in [-0.39, 0.29) is 82.4 Å². The van der Waals surface area contributed by atoms with Crippen LogP contribution in [0.3, 0.4) is 0 Å². The summed E-state index contributed by atoms with van der Waals surface area (Å²) in [6.07, 6.45) is 14.0. The summed E-state index contributed by atoms with van der Waals surface area (Å²) in [6.45, 7) is 2.24. The summed E-state index contributed by atoms with van der Waals surface area (Å²) in [6, 6.07) is 0. The van der Waals surface area contributed by atoms with Crippen LogP contribution in [0.5, 0.6) is 0 Å². The van der Waals surface area contributed by atoms with Gasteiger partial charge in [-0.05, 0) is 12.8 Å². The second-order valence-corrected chi connectivity index (χ2v) is 4.66. The predicted molar refractivity (Wildman–Crippen MR) is 86.8 cm³/mol. The molecular formula is C14H32Al2Cl2O5+2. The summed E-state index contributed by atoms with van der Waals surface area (Å²) < 4.78 is 0. The average Bonchev–Trinajstić information content (AvgIpc) is 2.25. The van der Waals surface area contributed by atoms with E-state index in [0.29, 0.717) is 0 Å². The molecule has 0 atom stereocenters. The predicted octanol–water partition coefficient (Wildman–Crippen LogP) is -5.14. The molecule has 0 aromatic heterocycles. The van der Waals surface area contributed by atoms with Crippen molar-refractivity contribution in [2.24, 2.45) is 0 Å². The van der Waals surface area contributed by atoms with Crippen LogP contribution in [0.1, 0.15) is 84.0 Å². The van der Waals surface area contributed by atoms with Gasteiger partial charge >= 0.3 is 34.7 Å². The van der Waals surface area contributed by atoms with Gasteiger partial charge in [0.05, 0.1) is 0 Å². The standard InChI is InChI=1S/C14H28O2.2Al.2ClH.3H2O/c1-2-3-4-5-6-7-8-9-10-11-12-13-14(15)16;;;;;;;/h2-13H2,1H3,(H,15,16);;;2*1H;3*1H2/q;2*+3;;;;;/p-4. The Morgan fingerprint density at radius 1 is 0.696 bits per heavy atom. The van der Waals surface area contributed by atoms with Crippen molar-refractivity contribution in [1.29, 1.82) is 0 Å². The Labute approximate surface area is 175 Å². The molecule has 0 saturated heterocycles. The molecule has 5 nitrogen and oxygen atoms in total. The molecule has 0 amide bonds. The Morgan fingerprint density at radius 2 is 0.957 bits per heavy atom. The van der Waals surface area contributed by atoms with Crippen molar-refractivity contribution in [2.75, 3.05) is 0 Å². The molecule has 136 valence electrons. The van der Waals surface area contributed by atoms with Crippen LogP contribution in [0.25, 0.3) is 0 Å². The third-order valence-electron chi connectivity index (χ3n) is 2.98. The number of halogens is 2. The van der Waals surface area contributed by atoms with Crippen molar-refractivity contribution in [1.82, 2.24) is 0 Å². The molecule has 0 heterocycles. The van der Waals surface area contributed by atoms with Crippen molar-refractivity contribution in [3.63, 3.8) is 0 Å². The minimum Gasteiger partial charge on any atom is -1.00 e. The summed E-state index contributed by atoms with van der Waals surface area (Å²) in [5, 5.41) is 10.1. The molecule has 0 aliphatic heterocycles. The Hall–Kier alpha value is 0.995. The van der Waals surface area contributed by atoms with E-state index in [1.165, 1.54) is 57.8 Å². The van der Waals surface area contributed by atoms with Gasteiger partial charge in [-0.2, -0.15) is 0 Å². The monoisotopic (exact) mass is 404 g/mol. The molecule has 0 rings (SSSR count). The molecule has 0 aromatic carbocycles. The minimum absolute atomic E-state index is 0. The van der Waals surface area contributed by atoms with Crippen LogP contribution in [0.15, 0.2) is 0 Å². The third kappa shape index (κ3) is 51.8. The third-order valence-corrected chi connectivity index (χ3v) is 2.98. The van der Waals surface area contributed by atoms with Crippen molar-refractivity contribution < 1.29 is 51.1 Å². The normalized spacial score (nSPS) is 7.35. The Morgan fingerprint density at radius 3 is 1.22 bits per heavy atom. The zero-order chi connectivity index (χ0) is 12.1. The van der Waals surface area contributed by atoms with Gasteiger partial charge in [-0.3, -0.25) is 0 Å². The van der Waals surface area contributed by atoms with Gasteiger partial charge in [-0.15, -0.1) is 0 Å². The van der Waals surface area contributed by atoms with E-state index < -0.39 is 5.97 Å². The fraction of sp³-hybridized carbons (Fsp3) is 0.929. The second kappa shape index (κ2) is 43.5. The van der Waals surface area contributed by atoms with Gasteiger partial charge in [-0.25, -0.2) is 0 Å². The largest absolute Gasteiger partial charge is 3.00 e. The number of unbranched alkanes of at least 4 members (excludes halogenated alkanes) is 10. The number of carbonyl (C=O) groups excluding carboxylic acids is 1. The fourth-order valence-corrected chi connectivity index (χ4v) is 1.93. The second-order valence-electron chi connectivity index (χ2n) is 4.66. The maximum atomic E-state index is 10.1. The number of rotatable bonds is 12. The molecule has 0 spiro atoms. The van der Waals surface area contributed by atoms with Gasteiger partial charge in [0.25, 0.3) is 0 Å². The van der Waals surface area contributed by atoms with Gasteiger partial charge < -0.3 is 51.1 Å². The van der Waals surface area contributed by atoms with Gasteiger partial charge in [0, 0.05) is 5.97 Å². The van der Waals surface area contributed by atoms with E-state index in [1.807, 2.05) is 0 Å². The average molecular weight is 405 g/mol. The van der Waals surface area contributed by atoms with Crippen LogP contribution >= 0.6 is 0 Å². The molecule has 0 aromatic rings. The number of hydrogen-bond donors (Lipinski definition) is 0. The van der Waals surface area contributed by atoms with E-state index in [9.17, 15) is 9.90 Å². The number of carboxylic acids is 1. The first-order valence-corrected chi connectivity index (χ1v) is 6.97. The SMILES string of the molecule is CCCCCCCCCCCCCC(=O)[O-].O.O.[Al+3].[Al+3].[Cl-].[Cl-].[OH-]. The number of carbonyl (C=O) groups is 1. The summed E-state index contributed by atoms with van der Waals surface area (Å²) in [4.78, 5) is 10.1. The van der Waals surface area contributed by atoms with Gasteiger partial charge in [-0.1, -0.05) is 71.1 Å². The zero-order valence-corrected chi connectivity index (χ0v) is 18.0. The summed E-state index contributed by atoms with van der Waals surface area (Å²) in [5.41, 5.74) is 0. The molecule has 5 N–H and O–H groups in total. The van der Waals surface area contributed by atoms with Crippen LogP contribution in [0, 0.1) is 0 Å². The van der Waals surface area contributed by atoms with Crippen molar-refractivity contribution in [3.8, 4) is 0 Å². The molecule has 0 aliphatic carbocycles. The minimum atomic E-state index is -0.907. The number of aliphatic carboxylic acids is 1. The van der Waals surface area contributed by atoms with Crippen LogP contribution in [0.2, 0.25) is 0 Å². The smallest absolute Gasteiger partial charge is 1.00 e. The molecule has 0 aliphatic rings. The van der Waals surface area contributed by atoms with Crippen LogP contribution in [-0.2, 0) is 4.79 Å². The van der Waals surface area contributed by atoms with E-state index in [1.54, 1.807) is 0 Å². The molecule has 0 saturated carbocycles. The first kappa shape index (κ1) is 49.6. The van der Waals surface area contributed by atoms with Gasteiger partial charge in [0.1, 0.15) is 0 Å². The van der Waals surface area contributed by atoms with E-state index in [2.05, 4.69) is 6.92 Å². The number of hydrogen-bond acceptors (Lipinski definition) is 3. The molecule has 23 heavy (non-hydrogen) atoms. The van der Waals surface area contributed by atoms with E-state index in [0.717, 1.165) is 12.8 Å². The van der Waals surface area contributed by atoms with Crippen LogP contribution < -0.4 is 29.9 Å². The first-order valence-electron chi connectivity index (χ1n) is 6.97. The van der Waals surface area contributed by atoms with Crippen molar-refractivity contribution in [2.45, 2.75) is 84.0 Å². The van der Waals surface area contributed by atoms with Gasteiger partial charge in [0.15, 0.2) is 0 Å². The summed E-state index contributed by atoms with van der Waals surface area (Å²) in [7, 11) is 0. The summed E-state index contributed by atoms with van der Waals surface area (Å²) in [5.74, 6) is -0.907. The van der Waals surface area contributed by atoms with E-state index >= 15 is 0 Å². The molecule has 9 heteroatoms. The topological polar surface area (TPSA) is 133 Å². The van der Waals surface area contributed by atoms with Crippen LogP contribution in [0.4, 0.5) is 0 Å². The Balaban J connectivity index is -0.0000000536. The van der Waals surface area contributed by atoms with Crippen LogP contribution in [-0.4, -0.2) is 57.1 Å². The molecular weight excluding hydrogens is 373 g/mol. The quantitative estimate of drug-likeness (QED) is 0.237. The Bertz CT molecular complexity index is 181. The first-order chi connectivity index (χ1) is 7.77. The van der Waals surface area contributed by atoms with Gasteiger partial charge in [0.2, 0.25) is 0 Å². The summed E-state index contributed by atoms with van der Waals surface area (Å²) >= 11 is 0. The molecule has 0 bridgehead atoms. The number of carboxylic acid groups (broad SMARTS) is 1.